The van der Waals surface area contributed by atoms with Gasteiger partial charge in [-0.2, -0.15) is 10.5 Å². The van der Waals surface area contributed by atoms with E-state index in [0.29, 0.717) is 16.8 Å². The maximum absolute atomic E-state index is 9.35. The summed E-state index contributed by atoms with van der Waals surface area (Å²) in [5, 5.41) is 18.7. The van der Waals surface area contributed by atoms with Crippen molar-refractivity contribution in [1.29, 1.82) is 10.5 Å². The number of nitrogens with zero attached hydrogens (tertiary/aromatic N) is 2. The number of benzene rings is 1. The average molecular weight is 297 g/mol. The van der Waals surface area contributed by atoms with Gasteiger partial charge < -0.3 is 10.7 Å². The van der Waals surface area contributed by atoms with Crippen molar-refractivity contribution in [2.45, 2.75) is 0 Å². The zero-order valence-corrected chi connectivity index (χ0v) is 11.9. The fourth-order valence-corrected chi connectivity index (χ4v) is 2.27. The van der Waals surface area contributed by atoms with Gasteiger partial charge in [0.25, 0.3) is 0 Å². The normalized spacial score (nSPS) is 9.67. The number of nitrogens with two attached hydrogens (primary N) is 1. The van der Waals surface area contributed by atoms with Crippen molar-refractivity contribution < 1.29 is 4.84 Å². The lowest BCUT2D eigenvalue weighted by molar-refractivity contribution is 0.271. The number of nitrogens with one attached hydrogen (secondary N) is 2. The fourth-order valence-electron chi connectivity index (χ4n) is 2.01. The lowest BCUT2D eigenvalue weighted by Crippen LogP contribution is -2.04. The molecule has 0 radical (unpaired) electrons. The third-order valence-corrected chi connectivity index (χ3v) is 3.18. The molecule has 2 rings (SSSR count). The van der Waals surface area contributed by atoms with E-state index in [0.717, 1.165) is 0 Å². The summed E-state index contributed by atoms with van der Waals surface area (Å²) >= 11 is 5.12. The fraction of sp³-hybridized carbons (Fsp3) is 0.0714. The maximum Gasteiger partial charge on any atom is 0.123 e. The van der Waals surface area contributed by atoms with Crippen LogP contribution < -0.4 is 11.2 Å². The molecule has 1 heterocycles. The van der Waals surface area contributed by atoms with Crippen LogP contribution in [0, 0.1) is 27.3 Å². The number of H-pyrrole nitrogens is 1. The summed E-state index contributed by atoms with van der Waals surface area (Å²) in [6.45, 7) is 0. The SMILES string of the molecule is CONc1ccccc1-c1c(C#N)c(N)[nH]c(=S)c1C#N. The molecule has 0 unspecified atom stereocenters. The second kappa shape index (κ2) is 6.06. The molecule has 104 valence electrons. The number of pyridine rings is 1. The van der Waals surface area contributed by atoms with Gasteiger partial charge in [-0.05, 0) is 6.07 Å². The number of aromatic nitrogens is 1. The lowest BCUT2D eigenvalue weighted by Gasteiger charge is -2.14. The van der Waals surface area contributed by atoms with Crippen molar-refractivity contribution in [3.63, 3.8) is 0 Å². The predicted molar refractivity (Wildman–Crippen MR) is 81.5 cm³/mol. The largest absolute Gasteiger partial charge is 0.384 e. The van der Waals surface area contributed by atoms with Crippen molar-refractivity contribution in [2.75, 3.05) is 18.3 Å². The van der Waals surface area contributed by atoms with Gasteiger partial charge in [-0.15, -0.1) is 0 Å². The van der Waals surface area contributed by atoms with Crippen LogP contribution >= 0.6 is 12.2 Å². The molecule has 0 amide bonds. The molecule has 7 heteroatoms. The highest BCUT2D eigenvalue weighted by molar-refractivity contribution is 7.71. The number of hydrogen-bond donors (Lipinski definition) is 3. The van der Waals surface area contributed by atoms with Crippen LogP contribution in [0.3, 0.4) is 0 Å². The molecule has 0 bridgehead atoms. The molecule has 2 aromatic rings. The first-order valence-corrected chi connectivity index (χ1v) is 6.29. The van der Waals surface area contributed by atoms with E-state index in [9.17, 15) is 10.5 Å². The zero-order chi connectivity index (χ0) is 15.4. The molecule has 0 aliphatic heterocycles. The van der Waals surface area contributed by atoms with E-state index in [1.54, 1.807) is 24.3 Å². The number of hydrogen-bond acceptors (Lipinski definition) is 6. The van der Waals surface area contributed by atoms with E-state index in [4.69, 9.17) is 22.8 Å². The minimum absolute atomic E-state index is 0.128. The van der Waals surface area contributed by atoms with E-state index < -0.39 is 0 Å². The molecule has 6 nitrogen and oxygen atoms in total. The minimum atomic E-state index is 0.128. The van der Waals surface area contributed by atoms with Crippen LogP contribution in [0.15, 0.2) is 24.3 Å². The molecule has 0 aliphatic carbocycles. The highest BCUT2D eigenvalue weighted by atomic mass is 32.1. The summed E-state index contributed by atoms with van der Waals surface area (Å²) in [6, 6.07) is 11.1. The van der Waals surface area contributed by atoms with Crippen molar-refractivity contribution in [3.05, 3.63) is 40.0 Å². The van der Waals surface area contributed by atoms with Gasteiger partial charge in [0, 0.05) is 11.1 Å². The monoisotopic (exact) mass is 297 g/mol. The van der Waals surface area contributed by atoms with Gasteiger partial charge in [-0.1, -0.05) is 30.4 Å². The quantitative estimate of drug-likeness (QED) is 0.593. The first-order valence-electron chi connectivity index (χ1n) is 5.88. The second-order valence-electron chi connectivity index (χ2n) is 4.07. The Labute approximate surface area is 126 Å². The Bertz CT molecular complexity index is 829. The summed E-state index contributed by atoms with van der Waals surface area (Å²) < 4.78 is 0.191. The van der Waals surface area contributed by atoms with Gasteiger partial charge in [-0.3, -0.25) is 10.3 Å². The molecule has 0 fully saturated rings. The highest BCUT2D eigenvalue weighted by Gasteiger charge is 2.18. The topological polar surface area (TPSA) is 111 Å². The summed E-state index contributed by atoms with van der Waals surface area (Å²) in [5.74, 6) is 0.128. The Hall–Kier alpha value is -2.87. The minimum Gasteiger partial charge on any atom is -0.384 e. The molecule has 0 saturated carbocycles. The first-order chi connectivity index (χ1) is 10.1. The van der Waals surface area contributed by atoms with Gasteiger partial charge in [0.15, 0.2) is 0 Å². The Morgan fingerprint density at radius 3 is 2.52 bits per heavy atom. The summed E-state index contributed by atoms with van der Waals surface area (Å²) in [6.07, 6.45) is 0. The number of rotatable bonds is 3. The van der Waals surface area contributed by atoms with Crippen molar-refractivity contribution >= 4 is 23.7 Å². The Balaban J connectivity index is 2.90. The molecule has 0 atom stereocenters. The molecule has 1 aromatic heterocycles. The van der Waals surface area contributed by atoms with Crippen molar-refractivity contribution in [1.82, 2.24) is 4.98 Å². The lowest BCUT2D eigenvalue weighted by atomic mass is 9.95. The van der Waals surface area contributed by atoms with Crippen LogP contribution in [0.2, 0.25) is 0 Å². The standard InChI is InChI=1S/C14H11N5OS/c1-20-19-11-5-3-2-4-8(11)12-9(6-15)13(17)18-14(21)10(12)7-16/h2-5,19H,1H3,(H3,17,18,21). The van der Waals surface area contributed by atoms with Crippen LogP contribution in [-0.4, -0.2) is 12.1 Å². The summed E-state index contributed by atoms with van der Waals surface area (Å²) in [4.78, 5) is 7.58. The van der Waals surface area contributed by atoms with E-state index in [-0.39, 0.29) is 21.6 Å². The average Bonchev–Trinajstić information content (AvgIpc) is 2.47. The molecule has 0 aliphatic rings. The highest BCUT2D eigenvalue weighted by Crippen LogP contribution is 2.35. The van der Waals surface area contributed by atoms with Crippen LogP contribution in [0.5, 0.6) is 0 Å². The maximum atomic E-state index is 9.35. The van der Waals surface area contributed by atoms with Gasteiger partial charge in [0.1, 0.15) is 28.2 Å². The Morgan fingerprint density at radius 2 is 1.90 bits per heavy atom. The van der Waals surface area contributed by atoms with Gasteiger partial charge in [-0.25, -0.2) is 0 Å². The van der Waals surface area contributed by atoms with Crippen LogP contribution in [0.25, 0.3) is 11.1 Å². The van der Waals surface area contributed by atoms with E-state index in [2.05, 4.69) is 10.5 Å². The number of aromatic amines is 1. The predicted octanol–water partition coefficient (Wildman–Crippen LogP) is 2.71. The third-order valence-electron chi connectivity index (χ3n) is 2.88. The smallest absolute Gasteiger partial charge is 0.123 e. The second-order valence-corrected chi connectivity index (χ2v) is 4.48. The molecule has 21 heavy (non-hydrogen) atoms. The van der Waals surface area contributed by atoms with Gasteiger partial charge >= 0.3 is 0 Å². The zero-order valence-electron chi connectivity index (χ0n) is 11.1. The number of nitriles is 2. The molecule has 4 N–H and O–H groups in total. The van der Waals surface area contributed by atoms with Gasteiger partial charge in [0.2, 0.25) is 0 Å². The molecule has 0 spiro atoms. The molecule has 0 saturated heterocycles. The van der Waals surface area contributed by atoms with Crippen LogP contribution in [0.1, 0.15) is 11.1 Å². The number of nitrogen functional groups attached to an aromatic ring is 1. The summed E-state index contributed by atoms with van der Waals surface area (Å²) in [5.41, 5.74) is 10.5. The van der Waals surface area contributed by atoms with Crippen molar-refractivity contribution in [3.8, 4) is 23.3 Å². The van der Waals surface area contributed by atoms with Crippen LogP contribution in [-0.2, 0) is 4.84 Å². The number of anilines is 2. The Kier molecular flexibility index (Phi) is 4.19. The first kappa shape index (κ1) is 14.5. The van der Waals surface area contributed by atoms with E-state index >= 15 is 0 Å². The van der Waals surface area contributed by atoms with Crippen LogP contribution in [0.4, 0.5) is 11.5 Å². The number of para-hydroxylation sites is 1. The van der Waals surface area contributed by atoms with E-state index in [1.807, 2.05) is 12.1 Å². The Morgan fingerprint density at radius 1 is 1.24 bits per heavy atom. The molecular formula is C14H11N5OS. The third kappa shape index (κ3) is 2.56. The molecule has 1 aromatic carbocycles. The van der Waals surface area contributed by atoms with Crippen molar-refractivity contribution in [2.24, 2.45) is 0 Å². The summed E-state index contributed by atoms with van der Waals surface area (Å²) in [7, 11) is 1.47. The van der Waals surface area contributed by atoms with Gasteiger partial charge in [0.05, 0.1) is 18.4 Å². The molecular weight excluding hydrogens is 286 g/mol. The van der Waals surface area contributed by atoms with E-state index in [1.165, 1.54) is 7.11 Å².